The van der Waals surface area contributed by atoms with E-state index >= 15 is 0 Å². The second-order valence-electron chi connectivity index (χ2n) is 7.87. The van der Waals surface area contributed by atoms with Gasteiger partial charge in [-0.05, 0) is 31.4 Å². The molecule has 1 aliphatic carbocycles. The number of carbonyl (C=O) groups excluding carboxylic acids is 2. The molecule has 0 radical (unpaired) electrons. The number of nitrogens with one attached hydrogen (secondary N) is 2. The van der Waals surface area contributed by atoms with Crippen molar-refractivity contribution in [2.24, 2.45) is 4.99 Å². The number of amides is 2. The summed E-state index contributed by atoms with van der Waals surface area (Å²) in [4.78, 5) is 33.1. The summed E-state index contributed by atoms with van der Waals surface area (Å²) in [5.41, 5.74) is 0.987. The Hall–Kier alpha value is -2.41. The van der Waals surface area contributed by atoms with Gasteiger partial charge in [-0.2, -0.15) is 0 Å². The van der Waals surface area contributed by atoms with E-state index in [4.69, 9.17) is 0 Å². The summed E-state index contributed by atoms with van der Waals surface area (Å²) in [6, 6.07) is 8.14. The molecule has 3 aliphatic rings. The van der Waals surface area contributed by atoms with E-state index in [1.807, 2.05) is 0 Å². The van der Waals surface area contributed by atoms with Crippen molar-refractivity contribution in [1.82, 2.24) is 20.4 Å². The minimum atomic E-state index is -0.214. The van der Waals surface area contributed by atoms with E-state index in [9.17, 15) is 9.59 Å². The van der Waals surface area contributed by atoms with Crippen LogP contribution in [-0.2, 0) is 0 Å². The molecule has 2 aliphatic heterocycles. The molecule has 0 aromatic heterocycles. The Morgan fingerprint density at radius 1 is 1.11 bits per heavy atom. The fraction of sp³-hybridized carbons (Fsp3) is 0.571. The maximum Gasteiger partial charge on any atom is 0.261 e. The highest BCUT2D eigenvalue weighted by Gasteiger charge is 2.34. The highest BCUT2D eigenvalue weighted by atomic mass is 16.2. The van der Waals surface area contributed by atoms with Crippen molar-refractivity contribution in [1.29, 1.82) is 0 Å². The van der Waals surface area contributed by atoms with Crippen LogP contribution in [0.3, 0.4) is 0 Å². The van der Waals surface area contributed by atoms with E-state index < -0.39 is 0 Å². The number of carbonyl (C=O) groups is 2. The molecule has 2 N–H and O–H groups in total. The summed E-state index contributed by atoms with van der Waals surface area (Å²) in [7, 11) is 1.75. The van der Waals surface area contributed by atoms with E-state index in [0.717, 1.165) is 31.5 Å². The average molecular weight is 383 g/mol. The average Bonchev–Trinajstić information content (AvgIpc) is 3.44. The lowest BCUT2D eigenvalue weighted by atomic mass is 10.1. The largest absolute Gasteiger partial charge is 0.355 e. The fourth-order valence-corrected chi connectivity index (χ4v) is 4.62. The number of likely N-dealkylation sites (tertiary alicyclic amines) is 1. The number of nitrogens with zero attached hydrogens (tertiary/aromatic N) is 3. The van der Waals surface area contributed by atoms with Gasteiger partial charge in [0.2, 0.25) is 0 Å². The first-order valence-corrected chi connectivity index (χ1v) is 10.3. The molecule has 7 nitrogen and oxygen atoms in total. The van der Waals surface area contributed by atoms with Crippen LogP contribution in [0.5, 0.6) is 0 Å². The van der Waals surface area contributed by atoms with Crippen molar-refractivity contribution in [2.75, 3.05) is 33.2 Å². The van der Waals surface area contributed by atoms with E-state index in [0.29, 0.717) is 30.3 Å². The third-order valence-corrected chi connectivity index (χ3v) is 6.13. The Morgan fingerprint density at radius 2 is 1.79 bits per heavy atom. The van der Waals surface area contributed by atoms with E-state index in [1.165, 1.54) is 30.6 Å². The summed E-state index contributed by atoms with van der Waals surface area (Å²) in [5.74, 6) is 0.302. The smallest absolute Gasteiger partial charge is 0.261 e. The predicted molar refractivity (Wildman–Crippen MR) is 109 cm³/mol. The first-order valence-electron chi connectivity index (χ1n) is 10.3. The van der Waals surface area contributed by atoms with E-state index in [2.05, 4.69) is 20.5 Å². The highest BCUT2D eigenvalue weighted by Crippen LogP contribution is 2.26. The number of fused-ring (bicyclic) bond motifs is 1. The minimum absolute atomic E-state index is 0.214. The van der Waals surface area contributed by atoms with Gasteiger partial charge >= 0.3 is 0 Å². The number of imide groups is 1. The molecule has 1 atom stereocenters. The molecule has 1 saturated carbocycles. The van der Waals surface area contributed by atoms with Gasteiger partial charge in [-0.15, -0.1) is 0 Å². The summed E-state index contributed by atoms with van der Waals surface area (Å²) in [5, 5.41) is 6.74. The molecule has 2 heterocycles. The first kappa shape index (κ1) is 18.9. The van der Waals surface area contributed by atoms with Crippen molar-refractivity contribution in [3.05, 3.63) is 35.4 Å². The van der Waals surface area contributed by atoms with Gasteiger partial charge in [0, 0.05) is 45.3 Å². The van der Waals surface area contributed by atoms with Crippen LogP contribution in [0.1, 0.15) is 52.8 Å². The molecule has 150 valence electrons. The predicted octanol–water partition coefficient (Wildman–Crippen LogP) is 1.46. The zero-order valence-corrected chi connectivity index (χ0v) is 16.5. The normalized spacial score (nSPS) is 23.5. The molecule has 7 heteroatoms. The number of hydrogen-bond donors (Lipinski definition) is 2. The van der Waals surface area contributed by atoms with Crippen LogP contribution in [0, 0.1) is 0 Å². The Morgan fingerprint density at radius 3 is 2.43 bits per heavy atom. The van der Waals surface area contributed by atoms with Crippen LogP contribution >= 0.6 is 0 Å². The number of rotatable bonds is 5. The Labute approximate surface area is 166 Å². The van der Waals surface area contributed by atoms with Gasteiger partial charge in [0.25, 0.3) is 11.8 Å². The van der Waals surface area contributed by atoms with Gasteiger partial charge in [0.05, 0.1) is 11.1 Å². The summed E-state index contributed by atoms with van der Waals surface area (Å²) in [6.45, 7) is 3.01. The minimum Gasteiger partial charge on any atom is -0.355 e. The van der Waals surface area contributed by atoms with Crippen LogP contribution in [0.2, 0.25) is 0 Å². The maximum atomic E-state index is 12.4. The van der Waals surface area contributed by atoms with Crippen LogP contribution < -0.4 is 10.6 Å². The SMILES string of the molecule is CN=C(NCCN1C(=O)c2ccccc2C1=O)NC1CCN(C2CCCC2)C1. The second-order valence-corrected chi connectivity index (χ2v) is 7.87. The molecular formula is C21H29N5O2. The maximum absolute atomic E-state index is 12.4. The van der Waals surface area contributed by atoms with Crippen molar-refractivity contribution in [2.45, 2.75) is 44.2 Å². The number of aliphatic imine (C=N–C) groups is 1. The third-order valence-electron chi connectivity index (χ3n) is 6.13. The van der Waals surface area contributed by atoms with Gasteiger partial charge < -0.3 is 10.6 Å². The van der Waals surface area contributed by atoms with Gasteiger partial charge in [0.1, 0.15) is 0 Å². The van der Waals surface area contributed by atoms with Gasteiger partial charge in [-0.25, -0.2) is 0 Å². The molecule has 0 spiro atoms. The molecular weight excluding hydrogens is 354 g/mol. The molecule has 0 bridgehead atoms. The summed E-state index contributed by atoms with van der Waals surface area (Å²) < 4.78 is 0. The molecule has 2 amide bonds. The first-order chi connectivity index (χ1) is 13.7. The van der Waals surface area contributed by atoms with Crippen molar-refractivity contribution in [3.8, 4) is 0 Å². The molecule has 1 aromatic carbocycles. The quantitative estimate of drug-likeness (QED) is 0.457. The van der Waals surface area contributed by atoms with Crippen molar-refractivity contribution >= 4 is 17.8 Å². The standard InChI is InChI=1S/C21H29N5O2/c1-22-21(24-15-10-12-25(14-15)16-6-2-3-7-16)23-11-13-26-19(27)17-8-4-5-9-18(17)20(26)28/h4-5,8-9,15-16H,2-3,6-7,10-14H2,1H3,(H2,22,23,24). The summed E-state index contributed by atoms with van der Waals surface area (Å²) >= 11 is 0. The van der Waals surface area contributed by atoms with E-state index in [1.54, 1.807) is 31.3 Å². The molecule has 1 unspecified atom stereocenters. The monoisotopic (exact) mass is 383 g/mol. The number of hydrogen-bond acceptors (Lipinski definition) is 4. The van der Waals surface area contributed by atoms with Crippen LogP contribution in [0.4, 0.5) is 0 Å². The molecule has 28 heavy (non-hydrogen) atoms. The van der Waals surface area contributed by atoms with Crippen LogP contribution in [0.25, 0.3) is 0 Å². The summed E-state index contributed by atoms with van der Waals surface area (Å²) in [6.07, 6.45) is 6.51. The molecule has 1 saturated heterocycles. The lowest BCUT2D eigenvalue weighted by molar-refractivity contribution is 0.0657. The zero-order chi connectivity index (χ0) is 19.5. The third kappa shape index (κ3) is 3.76. The van der Waals surface area contributed by atoms with Gasteiger partial charge in [0.15, 0.2) is 5.96 Å². The fourth-order valence-electron chi connectivity index (χ4n) is 4.62. The van der Waals surface area contributed by atoms with Gasteiger partial charge in [-0.1, -0.05) is 25.0 Å². The molecule has 4 rings (SSSR count). The van der Waals surface area contributed by atoms with E-state index in [-0.39, 0.29) is 11.8 Å². The van der Waals surface area contributed by atoms with Crippen LogP contribution in [-0.4, -0.2) is 72.9 Å². The lowest BCUT2D eigenvalue weighted by Gasteiger charge is -2.24. The number of guanidine groups is 1. The zero-order valence-electron chi connectivity index (χ0n) is 16.5. The topological polar surface area (TPSA) is 77.0 Å². The van der Waals surface area contributed by atoms with Crippen molar-refractivity contribution in [3.63, 3.8) is 0 Å². The van der Waals surface area contributed by atoms with Crippen LogP contribution in [0.15, 0.2) is 29.3 Å². The lowest BCUT2D eigenvalue weighted by Crippen LogP contribution is -2.47. The van der Waals surface area contributed by atoms with Crippen molar-refractivity contribution < 1.29 is 9.59 Å². The highest BCUT2D eigenvalue weighted by molar-refractivity contribution is 6.21. The van der Waals surface area contributed by atoms with Gasteiger partial charge in [-0.3, -0.25) is 24.4 Å². The Bertz CT molecular complexity index is 737. The molecule has 2 fully saturated rings. The number of benzene rings is 1. The molecule has 1 aromatic rings. The Balaban J connectivity index is 1.24. The second kappa shape index (κ2) is 8.31. The Kier molecular flexibility index (Phi) is 5.62.